The van der Waals surface area contributed by atoms with Crippen LogP contribution in [0.1, 0.15) is 11.9 Å². The summed E-state index contributed by atoms with van der Waals surface area (Å²) >= 11 is 1.59. The molecule has 1 heterocycles. The summed E-state index contributed by atoms with van der Waals surface area (Å²) in [6.45, 7) is 3.26. The van der Waals surface area contributed by atoms with Gasteiger partial charge in [0.25, 0.3) is 0 Å². The zero-order valence-electron chi connectivity index (χ0n) is 9.72. The summed E-state index contributed by atoms with van der Waals surface area (Å²) in [7, 11) is 0. The van der Waals surface area contributed by atoms with Crippen molar-refractivity contribution < 1.29 is 4.74 Å². The van der Waals surface area contributed by atoms with Crippen molar-refractivity contribution in [3.8, 4) is 16.3 Å². The molecule has 17 heavy (non-hydrogen) atoms. The van der Waals surface area contributed by atoms with Gasteiger partial charge in [-0.1, -0.05) is 11.3 Å². The van der Waals surface area contributed by atoms with Crippen LogP contribution in [0, 0.1) is 0 Å². The van der Waals surface area contributed by atoms with Crippen molar-refractivity contribution in [2.45, 2.75) is 13.3 Å². The Hall–Kier alpha value is -1.46. The summed E-state index contributed by atoms with van der Waals surface area (Å²) in [5.74, 6) is 0.878. The molecule has 4 nitrogen and oxygen atoms in total. The highest BCUT2D eigenvalue weighted by molar-refractivity contribution is 7.14. The molecule has 90 valence electrons. The summed E-state index contributed by atoms with van der Waals surface area (Å²) < 4.78 is 5.39. The molecule has 0 bridgehead atoms. The van der Waals surface area contributed by atoms with Crippen molar-refractivity contribution >= 4 is 11.3 Å². The van der Waals surface area contributed by atoms with Crippen LogP contribution in [0.2, 0.25) is 0 Å². The van der Waals surface area contributed by atoms with Gasteiger partial charge < -0.3 is 10.5 Å². The molecule has 0 radical (unpaired) electrons. The average Bonchev–Trinajstić information content (AvgIpc) is 2.80. The quantitative estimate of drug-likeness (QED) is 0.881. The molecule has 1 aromatic heterocycles. The molecule has 0 saturated heterocycles. The fourth-order valence-electron chi connectivity index (χ4n) is 1.46. The second-order valence-electron chi connectivity index (χ2n) is 3.50. The summed E-state index contributed by atoms with van der Waals surface area (Å²) in [6.07, 6.45) is 0.786. The lowest BCUT2D eigenvalue weighted by molar-refractivity contribution is 0.340. The maximum Gasteiger partial charge on any atom is 0.147 e. The minimum absolute atomic E-state index is 0.609. The van der Waals surface area contributed by atoms with Crippen LogP contribution in [0.5, 0.6) is 5.75 Å². The second-order valence-corrected chi connectivity index (χ2v) is 4.56. The number of benzene rings is 1. The van der Waals surface area contributed by atoms with Crippen molar-refractivity contribution in [2.24, 2.45) is 5.73 Å². The first-order chi connectivity index (χ1) is 8.33. The maximum atomic E-state index is 5.48. The maximum absolute atomic E-state index is 5.48. The Morgan fingerprint density at radius 3 is 2.65 bits per heavy atom. The third kappa shape index (κ3) is 3.01. The van der Waals surface area contributed by atoms with Gasteiger partial charge >= 0.3 is 0 Å². The molecule has 2 rings (SSSR count). The molecule has 0 aliphatic heterocycles. The predicted octanol–water partition coefficient (Wildman–Crippen LogP) is 2.10. The van der Waals surface area contributed by atoms with Crippen LogP contribution in [0.3, 0.4) is 0 Å². The third-order valence-corrected chi connectivity index (χ3v) is 3.27. The van der Waals surface area contributed by atoms with E-state index >= 15 is 0 Å². The smallest absolute Gasteiger partial charge is 0.147 e. The summed E-state index contributed by atoms with van der Waals surface area (Å²) in [4.78, 5) is 0. The van der Waals surface area contributed by atoms with Crippen LogP contribution < -0.4 is 10.5 Å². The normalized spacial score (nSPS) is 10.5. The van der Waals surface area contributed by atoms with E-state index in [1.54, 1.807) is 11.3 Å². The average molecular weight is 249 g/mol. The zero-order chi connectivity index (χ0) is 12.1. The molecular weight excluding hydrogens is 234 g/mol. The second kappa shape index (κ2) is 5.75. The van der Waals surface area contributed by atoms with E-state index in [0.29, 0.717) is 13.2 Å². The van der Waals surface area contributed by atoms with E-state index < -0.39 is 0 Å². The molecule has 0 aliphatic rings. The van der Waals surface area contributed by atoms with Crippen LogP contribution in [-0.4, -0.2) is 23.3 Å². The van der Waals surface area contributed by atoms with E-state index in [0.717, 1.165) is 27.7 Å². The van der Waals surface area contributed by atoms with Gasteiger partial charge in [-0.05, 0) is 37.7 Å². The first kappa shape index (κ1) is 12.0. The van der Waals surface area contributed by atoms with Gasteiger partial charge in [0.15, 0.2) is 0 Å². The summed E-state index contributed by atoms with van der Waals surface area (Å²) in [6, 6.07) is 7.89. The number of nitrogens with zero attached hydrogens (tertiary/aromatic N) is 2. The number of nitrogens with two attached hydrogens (primary N) is 1. The van der Waals surface area contributed by atoms with Crippen LogP contribution in [0.25, 0.3) is 10.6 Å². The summed E-state index contributed by atoms with van der Waals surface area (Å²) in [5.41, 5.74) is 6.55. The molecule has 1 aromatic carbocycles. The van der Waals surface area contributed by atoms with Gasteiger partial charge in [-0.2, -0.15) is 0 Å². The van der Waals surface area contributed by atoms with E-state index in [-0.39, 0.29) is 0 Å². The Bertz CT molecular complexity index is 467. The Morgan fingerprint density at radius 1 is 1.24 bits per heavy atom. The number of hydrogen-bond acceptors (Lipinski definition) is 5. The number of rotatable bonds is 5. The van der Waals surface area contributed by atoms with E-state index in [9.17, 15) is 0 Å². The van der Waals surface area contributed by atoms with Crippen LogP contribution in [-0.2, 0) is 6.42 Å². The Morgan fingerprint density at radius 2 is 2.00 bits per heavy atom. The lowest BCUT2D eigenvalue weighted by Crippen LogP contribution is -2.01. The number of hydrogen-bond donors (Lipinski definition) is 1. The molecule has 2 aromatic rings. The number of aromatic nitrogens is 2. The van der Waals surface area contributed by atoms with Crippen molar-refractivity contribution in [3.05, 3.63) is 29.3 Å². The molecule has 0 unspecified atom stereocenters. The zero-order valence-corrected chi connectivity index (χ0v) is 10.5. The molecule has 0 saturated carbocycles. The third-order valence-electron chi connectivity index (χ3n) is 2.24. The van der Waals surface area contributed by atoms with Crippen molar-refractivity contribution in [2.75, 3.05) is 13.2 Å². The Balaban J connectivity index is 2.15. The molecule has 0 fully saturated rings. The van der Waals surface area contributed by atoms with Gasteiger partial charge in [-0.3, -0.25) is 0 Å². The SMILES string of the molecule is CCOc1ccc(-c2nnc(CCN)s2)cc1. The van der Waals surface area contributed by atoms with Crippen LogP contribution in [0.4, 0.5) is 0 Å². The molecular formula is C12H15N3OS. The fourth-order valence-corrected chi connectivity index (χ4v) is 2.32. The largest absolute Gasteiger partial charge is 0.494 e. The monoisotopic (exact) mass is 249 g/mol. The lowest BCUT2D eigenvalue weighted by Gasteiger charge is -2.02. The van der Waals surface area contributed by atoms with E-state index in [1.807, 2.05) is 31.2 Å². The van der Waals surface area contributed by atoms with Gasteiger partial charge in [0.2, 0.25) is 0 Å². The van der Waals surface area contributed by atoms with E-state index in [4.69, 9.17) is 10.5 Å². The minimum atomic E-state index is 0.609. The highest BCUT2D eigenvalue weighted by Crippen LogP contribution is 2.25. The highest BCUT2D eigenvalue weighted by atomic mass is 32.1. The Labute approximate surface area is 104 Å². The standard InChI is InChI=1S/C12H15N3OS/c1-2-16-10-5-3-9(4-6-10)12-15-14-11(17-12)7-8-13/h3-6H,2,7-8,13H2,1H3. The van der Waals surface area contributed by atoms with Gasteiger partial charge in [0.05, 0.1) is 6.61 Å². The fraction of sp³-hybridized carbons (Fsp3) is 0.333. The first-order valence-electron chi connectivity index (χ1n) is 5.59. The molecule has 5 heteroatoms. The molecule has 0 spiro atoms. The van der Waals surface area contributed by atoms with Gasteiger partial charge in [-0.15, -0.1) is 10.2 Å². The van der Waals surface area contributed by atoms with Crippen LogP contribution >= 0.6 is 11.3 Å². The van der Waals surface area contributed by atoms with Gasteiger partial charge in [-0.25, -0.2) is 0 Å². The lowest BCUT2D eigenvalue weighted by atomic mass is 10.2. The topological polar surface area (TPSA) is 61.0 Å². The van der Waals surface area contributed by atoms with Crippen LogP contribution in [0.15, 0.2) is 24.3 Å². The van der Waals surface area contributed by atoms with Crippen molar-refractivity contribution in [1.29, 1.82) is 0 Å². The first-order valence-corrected chi connectivity index (χ1v) is 6.41. The predicted molar refractivity (Wildman–Crippen MR) is 69.3 cm³/mol. The summed E-state index contributed by atoms with van der Waals surface area (Å²) in [5, 5.41) is 10.2. The van der Waals surface area contributed by atoms with E-state index in [1.165, 1.54) is 0 Å². The minimum Gasteiger partial charge on any atom is -0.494 e. The van der Waals surface area contributed by atoms with E-state index in [2.05, 4.69) is 10.2 Å². The molecule has 0 amide bonds. The van der Waals surface area contributed by atoms with Crippen molar-refractivity contribution in [3.63, 3.8) is 0 Å². The molecule has 0 atom stereocenters. The van der Waals surface area contributed by atoms with Gasteiger partial charge in [0.1, 0.15) is 15.8 Å². The van der Waals surface area contributed by atoms with Gasteiger partial charge in [0, 0.05) is 12.0 Å². The number of ether oxygens (including phenoxy) is 1. The molecule has 2 N–H and O–H groups in total. The Kier molecular flexibility index (Phi) is 4.06. The van der Waals surface area contributed by atoms with Crippen molar-refractivity contribution in [1.82, 2.24) is 10.2 Å². The molecule has 0 aliphatic carbocycles. The highest BCUT2D eigenvalue weighted by Gasteiger charge is 2.06.